The fourth-order valence-electron chi connectivity index (χ4n) is 6.92. The van der Waals surface area contributed by atoms with Crippen LogP contribution in [0.1, 0.15) is 28.7 Å². The topological polar surface area (TPSA) is 3.24 Å². The fraction of sp³-hybridized carbons (Fsp3) is 0.171. The molecule has 0 aromatic heterocycles. The second kappa shape index (κ2) is 9.03. The monoisotopic (exact) mass is 559 g/mol. The van der Waals surface area contributed by atoms with Crippen LogP contribution in [-0.2, 0) is 24.7 Å². The van der Waals surface area contributed by atoms with E-state index in [0.29, 0.717) is 0 Å². The van der Waals surface area contributed by atoms with Crippen LogP contribution in [0.15, 0.2) is 124 Å². The number of likely N-dealkylation sites (N-methyl/N-ethyl adjacent to an activating group) is 1. The van der Waals surface area contributed by atoms with Gasteiger partial charge in [-0.1, -0.05) is 0 Å². The zero-order valence-corrected chi connectivity index (χ0v) is 24.8. The molecule has 2 aliphatic carbocycles. The average molecular weight is 561 g/mol. The molecular formula is C35H35NZr. The molecule has 0 N–H and O–H groups in total. The SMILES string of the molecule is CN(C)C1=CC[C]([Zr]([CH3])([CH3])(=[C](c2ccccc2)c2ccccc2)[c]2cccc3c2Cc2ccccc2-3)=C1. The van der Waals surface area contributed by atoms with Crippen LogP contribution in [0.4, 0.5) is 0 Å². The van der Waals surface area contributed by atoms with Gasteiger partial charge in [0.25, 0.3) is 0 Å². The molecule has 0 heterocycles. The normalized spacial score (nSPS) is 14.5. The van der Waals surface area contributed by atoms with E-state index in [1.807, 2.05) is 0 Å². The second-order valence-electron chi connectivity index (χ2n) is 11.5. The molecule has 2 aliphatic rings. The van der Waals surface area contributed by atoms with Crippen molar-refractivity contribution in [2.75, 3.05) is 14.1 Å². The van der Waals surface area contributed by atoms with Gasteiger partial charge < -0.3 is 0 Å². The van der Waals surface area contributed by atoms with Crippen molar-refractivity contribution in [2.45, 2.75) is 22.1 Å². The predicted molar refractivity (Wildman–Crippen MR) is 157 cm³/mol. The zero-order valence-electron chi connectivity index (χ0n) is 22.3. The Morgan fingerprint density at radius 3 is 1.89 bits per heavy atom. The molecule has 0 fully saturated rings. The third kappa shape index (κ3) is 3.81. The maximum atomic E-state index is 2.69. The molecule has 0 spiro atoms. The standard InChI is InChI=1S/C13H9.C13H10.C7H10N.2CH3.Zr/c1-3-7-12-10(5-1)9-11-6-2-4-8-13(11)12;1-3-7-12(8-4-1)11-13-9-5-2-6-10-13;1-8(2)7-5-3-4-6-7;;;/h1-5,7-8H,9H2;1-10H;5-6H,3H2,1-2H3;2*1H3;. The van der Waals surface area contributed by atoms with Gasteiger partial charge in [0.1, 0.15) is 0 Å². The van der Waals surface area contributed by atoms with E-state index in [2.05, 4.69) is 144 Å². The molecule has 6 rings (SSSR count). The van der Waals surface area contributed by atoms with Crippen molar-refractivity contribution in [3.63, 3.8) is 0 Å². The average Bonchev–Trinajstić information content (AvgIpc) is 3.56. The first-order valence-corrected chi connectivity index (χ1v) is 21.9. The van der Waals surface area contributed by atoms with Gasteiger partial charge in [-0.15, -0.1) is 0 Å². The van der Waals surface area contributed by atoms with Crippen molar-refractivity contribution in [1.82, 2.24) is 4.90 Å². The number of allylic oxidation sites excluding steroid dienone is 3. The molecular weight excluding hydrogens is 526 g/mol. The van der Waals surface area contributed by atoms with Gasteiger partial charge in [0, 0.05) is 0 Å². The van der Waals surface area contributed by atoms with Gasteiger partial charge in [-0.3, -0.25) is 0 Å². The number of hydrogen-bond acceptors (Lipinski definition) is 1. The van der Waals surface area contributed by atoms with Crippen LogP contribution in [0.25, 0.3) is 11.1 Å². The summed E-state index contributed by atoms with van der Waals surface area (Å²) in [4.78, 5) is 2.26. The van der Waals surface area contributed by atoms with E-state index >= 15 is 0 Å². The molecule has 2 heteroatoms. The zero-order chi connectivity index (χ0) is 25.6. The summed E-state index contributed by atoms with van der Waals surface area (Å²) >= 11 is -4.18. The van der Waals surface area contributed by atoms with Crippen LogP contribution in [-0.4, -0.2) is 22.2 Å². The third-order valence-electron chi connectivity index (χ3n) is 8.87. The van der Waals surface area contributed by atoms with E-state index in [1.54, 1.807) is 15.3 Å². The molecule has 0 unspecified atom stereocenters. The molecule has 0 saturated heterocycles. The van der Waals surface area contributed by atoms with E-state index in [4.69, 9.17) is 0 Å². The Hall–Kier alpha value is -3.09. The van der Waals surface area contributed by atoms with Crippen molar-refractivity contribution < 1.29 is 18.3 Å². The first kappa shape index (κ1) is 24.3. The quantitative estimate of drug-likeness (QED) is 0.213. The molecule has 4 aromatic rings. The Morgan fingerprint density at radius 2 is 1.27 bits per heavy atom. The minimum atomic E-state index is -4.18. The van der Waals surface area contributed by atoms with Crippen LogP contribution in [0, 0.1) is 0 Å². The Morgan fingerprint density at radius 1 is 0.676 bits per heavy atom. The summed E-state index contributed by atoms with van der Waals surface area (Å²) in [5.41, 5.74) is 9.88. The number of benzene rings is 4. The Balaban J connectivity index is 1.78. The van der Waals surface area contributed by atoms with Crippen LogP contribution in [0.5, 0.6) is 0 Å². The van der Waals surface area contributed by atoms with Gasteiger partial charge in [-0.25, -0.2) is 0 Å². The van der Waals surface area contributed by atoms with E-state index in [-0.39, 0.29) is 0 Å². The number of nitrogens with zero attached hydrogens (tertiary/aromatic N) is 1. The predicted octanol–water partition coefficient (Wildman–Crippen LogP) is 7.67. The number of rotatable bonds is 5. The summed E-state index contributed by atoms with van der Waals surface area (Å²) in [6, 6.07) is 38.5. The molecule has 184 valence electrons. The van der Waals surface area contributed by atoms with E-state index in [1.165, 1.54) is 33.5 Å². The van der Waals surface area contributed by atoms with Crippen molar-refractivity contribution >= 4 is 6.48 Å². The van der Waals surface area contributed by atoms with Gasteiger partial charge in [0.05, 0.1) is 0 Å². The molecule has 0 bridgehead atoms. The third-order valence-corrected chi connectivity index (χ3v) is 24.7. The van der Waals surface area contributed by atoms with E-state index in [9.17, 15) is 0 Å². The Labute approximate surface area is 222 Å². The molecule has 0 radical (unpaired) electrons. The molecule has 1 nitrogen and oxygen atoms in total. The van der Waals surface area contributed by atoms with Crippen LogP contribution in [0.2, 0.25) is 9.26 Å². The molecule has 0 saturated carbocycles. The minimum absolute atomic E-state index is 1.02. The molecule has 0 atom stereocenters. The first-order valence-electron chi connectivity index (χ1n) is 13.3. The van der Waals surface area contributed by atoms with Crippen LogP contribution < -0.4 is 3.27 Å². The van der Waals surface area contributed by atoms with E-state index in [0.717, 1.165) is 12.8 Å². The van der Waals surface area contributed by atoms with Crippen LogP contribution in [0.3, 0.4) is 0 Å². The Bertz CT molecular complexity index is 1590. The van der Waals surface area contributed by atoms with Gasteiger partial charge in [0.2, 0.25) is 0 Å². The van der Waals surface area contributed by atoms with Gasteiger partial charge in [0.15, 0.2) is 0 Å². The first-order chi connectivity index (χ1) is 17.9. The molecule has 0 amide bonds. The summed E-state index contributed by atoms with van der Waals surface area (Å²) in [5.74, 6) is 0. The number of hydrogen-bond donors (Lipinski definition) is 0. The number of fused-ring (bicyclic) bond motifs is 3. The summed E-state index contributed by atoms with van der Waals surface area (Å²) in [6.45, 7) is 0. The van der Waals surface area contributed by atoms with Gasteiger partial charge in [-0.05, 0) is 0 Å². The summed E-state index contributed by atoms with van der Waals surface area (Å²) in [5, 5.41) is 0. The van der Waals surface area contributed by atoms with Gasteiger partial charge >= 0.3 is 224 Å². The van der Waals surface area contributed by atoms with Crippen molar-refractivity contribution in [1.29, 1.82) is 0 Å². The fourth-order valence-corrected chi connectivity index (χ4v) is 21.7. The van der Waals surface area contributed by atoms with Crippen molar-refractivity contribution in [2.24, 2.45) is 0 Å². The summed E-state index contributed by atoms with van der Waals surface area (Å²) in [6.07, 6.45) is 7.00. The van der Waals surface area contributed by atoms with Crippen LogP contribution >= 0.6 is 0 Å². The molecule has 0 aliphatic heterocycles. The summed E-state index contributed by atoms with van der Waals surface area (Å²) in [7, 11) is 4.33. The van der Waals surface area contributed by atoms with Crippen molar-refractivity contribution in [3.8, 4) is 11.1 Å². The second-order valence-corrected chi connectivity index (χ2v) is 27.4. The van der Waals surface area contributed by atoms with E-state index < -0.39 is 18.3 Å². The molecule has 37 heavy (non-hydrogen) atoms. The summed E-state index contributed by atoms with van der Waals surface area (Å²) < 4.78 is 10.2. The van der Waals surface area contributed by atoms with Gasteiger partial charge in [-0.2, -0.15) is 0 Å². The molecule has 4 aromatic carbocycles. The Kier molecular flexibility index (Phi) is 5.92. The maximum absolute atomic E-state index is 4.18. The van der Waals surface area contributed by atoms with Crippen molar-refractivity contribution in [3.05, 3.63) is 147 Å².